The third-order valence-electron chi connectivity index (χ3n) is 2.20. The van der Waals surface area contributed by atoms with Gasteiger partial charge >= 0.3 is 12.1 Å². The molecule has 1 aromatic rings. The summed E-state index contributed by atoms with van der Waals surface area (Å²) in [6.07, 6.45) is -5.20. The van der Waals surface area contributed by atoms with Crippen molar-refractivity contribution in [2.24, 2.45) is 0 Å². The zero-order valence-electron chi connectivity index (χ0n) is 8.88. The minimum Gasteiger partial charge on any atom is -0.481 e. The Morgan fingerprint density at radius 2 is 2.06 bits per heavy atom. The zero-order chi connectivity index (χ0) is 13.9. The third-order valence-corrected chi connectivity index (χ3v) is 2.80. The number of halogens is 4. The molecule has 0 heterocycles. The molecule has 3 nitrogen and oxygen atoms in total. The molecular weight excluding hydrogens is 315 g/mol. The smallest absolute Gasteiger partial charge is 0.417 e. The molecule has 0 aliphatic rings. The van der Waals surface area contributed by atoms with Crippen LogP contribution in [0.2, 0.25) is 0 Å². The highest BCUT2D eigenvalue weighted by atomic mass is 79.9. The standard InChI is InChI=1S/C11H7BrF3NO2/c12-4-7-1-6(3-10(17)18)2-9(8(7)5-16)11(13,14)15/h1-2H,3-4H2,(H,17,18). The van der Waals surface area contributed by atoms with Gasteiger partial charge in [-0.2, -0.15) is 18.4 Å². The van der Waals surface area contributed by atoms with Crippen LogP contribution in [0, 0.1) is 11.3 Å². The van der Waals surface area contributed by atoms with Crippen LogP contribution < -0.4 is 0 Å². The first kappa shape index (κ1) is 14.5. The van der Waals surface area contributed by atoms with Crippen molar-refractivity contribution in [2.75, 3.05) is 0 Å². The van der Waals surface area contributed by atoms with Crippen molar-refractivity contribution in [3.8, 4) is 6.07 Å². The number of aliphatic carboxylic acids is 1. The topological polar surface area (TPSA) is 61.1 Å². The second kappa shape index (κ2) is 5.40. The first-order valence-electron chi connectivity index (χ1n) is 4.70. The molecule has 0 amide bonds. The molecule has 0 aromatic heterocycles. The second-order valence-electron chi connectivity index (χ2n) is 3.49. The van der Waals surface area contributed by atoms with E-state index in [1.807, 2.05) is 0 Å². The predicted molar refractivity (Wildman–Crippen MR) is 60.1 cm³/mol. The van der Waals surface area contributed by atoms with E-state index in [0.29, 0.717) is 6.07 Å². The number of hydrogen-bond acceptors (Lipinski definition) is 2. The Kier molecular flexibility index (Phi) is 4.35. The maximum Gasteiger partial charge on any atom is 0.417 e. The average molecular weight is 322 g/mol. The summed E-state index contributed by atoms with van der Waals surface area (Å²) in [5, 5.41) is 17.4. The van der Waals surface area contributed by atoms with Gasteiger partial charge in [0.15, 0.2) is 0 Å². The molecule has 0 aliphatic carbocycles. The molecule has 0 atom stereocenters. The molecule has 7 heteroatoms. The quantitative estimate of drug-likeness (QED) is 0.870. The van der Waals surface area contributed by atoms with Gasteiger partial charge in [-0.3, -0.25) is 4.79 Å². The molecule has 1 rings (SSSR count). The van der Waals surface area contributed by atoms with Gasteiger partial charge in [0.25, 0.3) is 0 Å². The number of alkyl halides is 4. The van der Waals surface area contributed by atoms with Gasteiger partial charge < -0.3 is 5.11 Å². The molecule has 96 valence electrons. The molecular formula is C11H7BrF3NO2. The molecule has 0 fully saturated rings. The summed E-state index contributed by atoms with van der Waals surface area (Å²) in [6.45, 7) is 0. The van der Waals surface area contributed by atoms with E-state index in [-0.39, 0.29) is 16.5 Å². The number of hydrogen-bond donors (Lipinski definition) is 1. The van der Waals surface area contributed by atoms with Gasteiger partial charge in [0.05, 0.1) is 17.5 Å². The number of rotatable bonds is 3. The Balaban J connectivity index is 3.47. The summed E-state index contributed by atoms with van der Waals surface area (Å²) in [5.74, 6) is -1.23. The van der Waals surface area contributed by atoms with Crippen LogP contribution in [-0.4, -0.2) is 11.1 Å². The number of nitriles is 1. The lowest BCUT2D eigenvalue weighted by Crippen LogP contribution is -2.12. The SMILES string of the molecule is N#Cc1c(CBr)cc(CC(=O)O)cc1C(F)(F)F. The number of nitrogens with zero attached hydrogens (tertiary/aromatic N) is 1. The van der Waals surface area contributed by atoms with Crippen molar-refractivity contribution in [1.29, 1.82) is 5.26 Å². The van der Waals surface area contributed by atoms with Gasteiger partial charge in [-0.25, -0.2) is 0 Å². The summed E-state index contributed by atoms with van der Waals surface area (Å²) in [7, 11) is 0. The van der Waals surface area contributed by atoms with Crippen molar-refractivity contribution in [3.63, 3.8) is 0 Å². The first-order chi connectivity index (χ1) is 8.29. The fourth-order valence-electron chi connectivity index (χ4n) is 1.51. The summed E-state index contributed by atoms with van der Waals surface area (Å²) in [5.41, 5.74) is -1.43. The lowest BCUT2D eigenvalue weighted by molar-refractivity contribution is -0.139. The first-order valence-corrected chi connectivity index (χ1v) is 5.82. The number of benzene rings is 1. The minimum absolute atomic E-state index is 0.0169. The lowest BCUT2D eigenvalue weighted by Gasteiger charge is -2.13. The van der Waals surface area contributed by atoms with E-state index in [1.165, 1.54) is 12.1 Å². The number of carboxylic acids is 1. The van der Waals surface area contributed by atoms with Crippen LogP contribution in [0.1, 0.15) is 22.3 Å². The Bertz CT molecular complexity index is 520. The molecule has 0 spiro atoms. The summed E-state index contributed by atoms with van der Waals surface area (Å²) in [6, 6.07) is 3.50. The third kappa shape index (κ3) is 3.23. The molecule has 1 N–H and O–H groups in total. The van der Waals surface area contributed by atoms with Crippen LogP contribution in [0.15, 0.2) is 12.1 Å². The summed E-state index contributed by atoms with van der Waals surface area (Å²) < 4.78 is 38.3. The zero-order valence-corrected chi connectivity index (χ0v) is 10.5. The fourth-order valence-corrected chi connectivity index (χ4v) is 1.95. The van der Waals surface area contributed by atoms with Gasteiger partial charge in [-0.1, -0.05) is 22.0 Å². The molecule has 1 aromatic carbocycles. The van der Waals surface area contributed by atoms with Gasteiger partial charge in [0.1, 0.15) is 6.07 Å². The van der Waals surface area contributed by atoms with E-state index < -0.39 is 29.7 Å². The largest absolute Gasteiger partial charge is 0.481 e. The van der Waals surface area contributed by atoms with Gasteiger partial charge in [-0.05, 0) is 17.2 Å². The Labute approximate surface area is 109 Å². The van der Waals surface area contributed by atoms with Crippen molar-refractivity contribution >= 4 is 21.9 Å². The van der Waals surface area contributed by atoms with E-state index in [0.717, 1.165) is 0 Å². The van der Waals surface area contributed by atoms with E-state index in [9.17, 15) is 18.0 Å². The molecule has 0 radical (unpaired) electrons. The lowest BCUT2D eigenvalue weighted by atomic mass is 9.97. The van der Waals surface area contributed by atoms with E-state index >= 15 is 0 Å². The summed E-state index contributed by atoms with van der Waals surface area (Å²) in [4.78, 5) is 10.5. The molecule has 0 unspecified atom stereocenters. The number of carboxylic acid groups (broad SMARTS) is 1. The Morgan fingerprint density at radius 3 is 2.44 bits per heavy atom. The minimum atomic E-state index is -4.68. The Morgan fingerprint density at radius 1 is 1.44 bits per heavy atom. The second-order valence-corrected chi connectivity index (χ2v) is 4.05. The molecule has 0 saturated heterocycles. The average Bonchev–Trinajstić information content (AvgIpc) is 2.25. The van der Waals surface area contributed by atoms with Crippen LogP contribution in [-0.2, 0) is 22.7 Å². The van der Waals surface area contributed by atoms with Gasteiger partial charge in [0, 0.05) is 5.33 Å². The van der Waals surface area contributed by atoms with E-state index in [2.05, 4.69) is 15.9 Å². The maximum absolute atomic E-state index is 12.8. The Hall–Kier alpha value is -1.55. The molecule has 0 aliphatic heterocycles. The van der Waals surface area contributed by atoms with Crippen molar-refractivity contribution < 1.29 is 23.1 Å². The highest BCUT2D eigenvalue weighted by Crippen LogP contribution is 2.34. The van der Waals surface area contributed by atoms with Crippen molar-refractivity contribution in [3.05, 3.63) is 34.4 Å². The molecule has 0 bridgehead atoms. The monoisotopic (exact) mass is 321 g/mol. The van der Waals surface area contributed by atoms with Gasteiger partial charge in [-0.15, -0.1) is 0 Å². The van der Waals surface area contributed by atoms with Crippen LogP contribution in [0.4, 0.5) is 13.2 Å². The normalized spacial score (nSPS) is 11.1. The van der Waals surface area contributed by atoms with Crippen molar-refractivity contribution in [2.45, 2.75) is 17.9 Å². The maximum atomic E-state index is 12.8. The summed E-state index contributed by atoms with van der Waals surface area (Å²) >= 11 is 2.98. The highest BCUT2D eigenvalue weighted by molar-refractivity contribution is 9.08. The molecule has 0 saturated carbocycles. The van der Waals surface area contributed by atoms with Crippen molar-refractivity contribution in [1.82, 2.24) is 0 Å². The molecule has 18 heavy (non-hydrogen) atoms. The van der Waals surface area contributed by atoms with Gasteiger partial charge in [0.2, 0.25) is 0 Å². The van der Waals surface area contributed by atoms with E-state index in [4.69, 9.17) is 10.4 Å². The van der Waals surface area contributed by atoms with Crippen LogP contribution >= 0.6 is 15.9 Å². The fraction of sp³-hybridized carbons (Fsp3) is 0.273. The predicted octanol–water partition coefficient (Wildman–Crippen LogP) is 3.10. The number of carbonyl (C=O) groups is 1. The van der Waals surface area contributed by atoms with Crippen LogP contribution in [0.25, 0.3) is 0 Å². The highest BCUT2D eigenvalue weighted by Gasteiger charge is 2.35. The van der Waals surface area contributed by atoms with Crippen LogP contribution in [0.5, 0.6) is 0 Å². The van der Waals surface area contributed by atoms with Crippen LogP contribution in [0.3, 0.4) is 0 Å². The van der Waals surface area contributed by atoms with E-state index in [1.54, 1.807) is 0 Å².